The Morgan fingerprint density at radius 3 is 2.81 bits per heavy atom. The number of pyridine rings is 1. The van der Waals surface area contributed by atoms with Gasteiger partial charge in [-0.2, -0.15) is 0 Å². The Kier molecular flexibility index (Phi) is 3.75. The molecule has 5 nitrogen and oxygen atoms in total. The topological polar surface area (TPSA) is 50.2 Å². The molecule has 0 unspecified atom stereocenters. The minimum absolute atomic E-state index is 0.0372. The van der Waals surface area contributed by atoms with Crippen molar-refractivity contribution in [2.24, 2.45) is 0 Å². The SMILES string of the molecule is CN(C)CCn1c(-c2ccncc2)cc2c1CCNC2=O. The van der Waals surface area contributed by atoms with E-state index in [2.05, 4.69) is 33.9 Å². The molecule has 2 aromatic rings. The minimum atomic E-state index is 0.0372. The number of carbonyl (C=O) groups excluding carboxylic acids is 1. The summed E-state index contributed by atoms with van der Waals surface area (Å²) in [7, 11) is 4.13. The van der Waals surface area contributed by atoms with Crippen LogP contribution in [0.3, 0.4) is 0 Å². The summed E-state index contributed by atoms with van der Waals surface area (Å²) in [5.74, 6) is 0.0372. The van der Waals surface area contributed by atoms with Gasteiger partial charge in [-0.25, -0.2) is 0 Å². The average molecular weight is 284 g/mol. The maximum Gasteiger partial charge on any atom is 0.253 e. The van der Waals surface area contributed by atoms with Gasteiger partial charge in [0.2, 0.25) is 0 Å². The number of rotatable bonds is 4. The Bertz CT molecular complexity index is 646. The van der Waals surface area contributed by atoms with Gasteiger partial charge in [0.1, 0.15) is 0 Å². The van der Waals surface area contributed by atoms with Gasteiger partial charge < -0.3 is 14.8 Å². The zero-order chi connectivity index (χ0) is 14.8. The number of amides is 1. The molecular formula is C16H20N4O. The smallest absolute Gasteiger partial charge is 0.253 e. The van der Waals surface area contributed by atoms with Crippen molar-refractivity contribution in [2.75, 3.05) is 27.2 Å². The molecule has 0 saturated carbocycles. The summed E-state index contributed by atoms with van der Waals surface area (Å²) in [5, 5.41) is 2.92. The first-order valence-electron chi connectivity index (χ1n) is 7.22. The number of fused-ring (bicyclic) bond motifs is 1. The van der Waals surface area contributed by atoms with Crippen molar-refractivity contribution in [3.05, 3.63) is 41.9 Å². The van der Waals surface area contributed by atoms with Crippen LogP contribution in [0.5, 0.6) is 0 Å². The molecule has 0 saturated heterocycles. The van der Waals surface area contributed by atoms with Crippen LogP contribution < -0.4 is 5.32 Å². The summed E-state index contributed by atoms with van der Waals surface area (Å²) < 4.78 is 2.28. The molecule has 1 amide bonds. The number of likely N-dealkylation sites (N-methyl/N-ethyl adjacent to an activating group) is 1. The molecule has 0 atom stereocenters. The number of hydrogen-bond donors (Lipinski definition) is 1. The molecule has 0 fully saturated rings. The van der Waals surface area contributed by atoms with Gasteiger partial charge in [0, 0.05) is 55.4 Å². The van der Waals surface area contributed by atoms with Crippen LogP contribution in [0.15, 0.2) is 30.6 Å². The summed E-state index contributed by atoms with van der Waals surface area (Å²) in [4.78, 5) is 18.3. The van der Waals surface area contributed by atoms with E-state index in [4.69, 9.17) is 0 Å². The van der Waals surface area contributed by atoms with Gasteiger partial charge in [-0.1, -0.05) is 0 Å². The molecule has 21 heavy (non-hydrogen) atoms. The van der Waals surface area contributed by atoms with Crippen molar-refractivity contribution in [2.45, 2.75) is 13.0 Å². The molecule has 2 aromatic heterocycles. The lowest BCUT2D eigenvalue weighted by Gasteiger charge is -2.19. The van der Waals surface area contributed by atoms with E-state index in [9.17, 15) is 4.79 Å². The fraction of sp³-hybridized carbons (Fsp3) is 0.375. The van der Waals surface area contributed by atoms with Crippen LogP contribution in [-0.2, 0) is 13.0 Å². The summed E-state index contributed by atoms with van der Waals surface area (Å²) in [6.07, 6.45) is 4.47. The van der Waals surface area contributed by atoms with Gasteiger partial charge in [0.05, 0.1) is 5.56 Å². The lowest BCUT2D eigenvalue weighted by atomic mass is 10.1. The lowest BCUT2D eigenvalue weighted by Crippen LogP contribution is -2.32. The van der Waals surface area contributed by atoms with Crippen molar-refractivity contribution in [1.29, 1.82) is 0 Å². The van der Waals surface area contributed by atoms with E-state index in [-0.39, 0.29) is 5.91 Å². The van der Waals surface area contributed by atoms with Gasteiger partial charge in [-0.05, 0) is 32.3 Å². The predicted octanol–water partition coefficient (Wildman–Crippen LogP) is 1.40. The maximum atomic E-state index is 12.1. The molecule has 3 rings (SSSR count). The molecular weight excluding hydrogens is 264 g/mol. The van der Waals surface area contributed by atoms with Crippen LogP contribution >= 0.6 is 0 Å². The third kappa shape index (κ3) is 2.69. The molecule has 0 radical (unpaired) electrons. The quantitative estimate of drug-likeness (QED) is 0.923. The zero-order valence-corrected chi connectivity index (χ0v) is 12.5. The number of nitrogens with one attached hydrogen (secondary N) is 1. The van der Waals surface area contributed by atoms with Gasteiger partial charge in [-0.3, -0.25) is 9.78 Å². The molecule has 1 aliphatic heterocycles. The number of hydrogen-bond acceptors (Lipinski definition) is 3. The molecule has 0 aromatic carbocycles. The fourth-order valence-electron chi connectivity index (χ4n) is 2.76. The second-order valence-electron chi connectivity index (χ2n) is 5.59. The molecule has 3 heterocycles. The van der Waals surface area contributed by atoms with E-state index in [1.54, 1.807) is 12.4 Å². The second-order valence-corrected chi connectivity index (χ2v) is 5.59. The van der Waals surface area contributed by atoms with E-state index in [1.165, 1.54) is 0 Å². The highest BCUT2D eigenvalue weighted by molar-refractivity contribution is 5.98. The fourth-order valence-corrected chi connectivity index (χ4v) is 2.76. The third-order valence-corrected chi connectivity index (χ3v) is 3.85. The van der Waals surface area contributed by atoms with Crippen molar-refractivity contribution >= 4 is 5.91 Å². The van der Waals surface area contributed by atoms with E-state index in [0.29, 0.717) is 6.54 Å². The van der Waals surface area contributed by atoms with Crippen LogP contribution in [0, 0.1) is 0 Å². The Labute approximate surface area is 124 Å². The van der Waals surface area contributed by atoms with Gasteiger partial charge >= 0.3 is 0 Å². The summed E-state index contributed by atoms with van der Waals surface area (Å²) >= 11 is 0. The van der Waals surface area contributed by atoms with Gasteiger partial charge in [0.25, 0.3) is 5.91 Å². The van der Waals surface area contributed by atoms with Crippen LogP contribution in [0.4, 0.5) is 0 Å². The van der Waals surface area contributed by atoms with E-state index in [1.807, 2.05) is 18.2 Å². The predicted molar refractivity (Wildman–Crippen MR) is 82.3 cm³/mol. The van der Waals surface area contributed by atoms with Gasteiger partial charge in [-0.15, -0.1) is 0 Å². The van der Waals surface area contributed by atoms with Crippen LogP contribution in [0.1, 0.15) is 16.1 Å². The van der Waals surface area contributed by atoms with E-state index >= 15 is 0 Å². The van der Waals surface area contributed by atoms with Crippen molar-refractivity contribution in [3.8, 4) is 11.3 Å². The highest BCUT2D eigenvalue weighted by atomic mass is 16.1. The largest absolute Gasteiger partial charge is 0.352 e. The average Bonchev–Trinajstić information content (AvgIpc) is 2.86. The molecule has 1 aliphatic rings. The summed E-state index contributed by atoms with van der Waals surface area (Å²) in [6.45, 7) is 2.54. The monoisotopic (exact) mass is 284 g/mol. The normalized spacial score (nSPS) is 14.1. The standard InChI is InChI=1S/C16H20N4O/c1-19(2)9-10-20-14-5-8-18-16(21)13(14)11-15(20)12-3-6-17-7-4-12/h3-4,6-7,11H,5,8-10H2,1-2H3,(H,18,21). The first kappa shape index (κ1) is 13.8. The molecule has 1 N–H and O–H groups in total. The molecule has 110 valence electrons. The third-order valence-electron chi connectivity index (χ3n) is 3.85. The summed E-state index contributed by atoms with van der Waals surface area (Å²) in [5.41, 5.74) is 4.16. The Hall–Kier alpha value is -2.14. The highest BCUT2D eigenvalue weighted by Crippen LogP contribution is 2.27. The van der Waals surface area contributed by atoms with E-state index in [0.717, 1.165) is 42.0 Å². The number of nitrogens with zero attached hydrogens (tertiary/aromatic N) is 3. The Balaban J connectivity index is 2.07. The van der Waals surface area contributed by atoms with Crippen molar-refractivity contribution in [1.82, 2.24) is 19.8 Å². The molecule has 5 heteroatoms. The minimum Gasteiger partial charge on any atom is -0.352 e. The van der Waals surface area contributed by atoms with Crippen molar-refractivity contribution in [3.63, 3.8) is 0 Å². The second kappa shape index (κ2) is 5.69. The summed E-state index contributed by atoms with van der Waals surface area (Å²) in [6, 6.07) is 5.99. The zero-order valence-electron chi connectivity index (χ0n) is 12.5. The van der Waals surface area contributed by atoms with E-state index < -0.39 is 0 Å². The van der Waals surface area contributed by atoms with Crippen LogP contribution in [-0.4, -0.2) is 47.5 Å². The first-order valence-corrected chi connectivity index (χ1v) is 7.22. The van der Waals surface area contributed by atoms with Crippen molar-refractivity contribution < 1.29 is 4.79 Å². The first-order chi connectivity index (χ1) is 10.2. The maximum absolute atomic E-state index is 12.1. The Morgan fingerprint density at radius 1 is 1.33 bits per heavy atom. The molecule has 0 aliphatic carbocycles. The number of carbonyl (C=O) groups is 1. The lowest BCUT2D eigenvalue weighted by molar-refractivity contribution is 0.0945. The Morgan fingerprint density at radius 2 is 2.10 bits per heavy atom. The van der Waals surface area contributed by atoms with Gasteiger partial charge in [0.15, 0.2) is 0 Å². The molecule has 0 spiro atoms. The van der Waals surface area contributed by atoms with Crippen LogP contribution in [0.2, 0.25) is 0 Å². The highest BCUT2D eigenvalue weighted by Gasteiger charge is 2.24. The number of aromatic nitrogens is 2. The molecule has 0 bridgehead atoms. The van der Waals surface area contributed by atoms with Crippen LogP contribution in [0.25, 0.3) is 11.3 Å².